The second kappa shape index (κ2) is 12.2. The second-order valence-corrected chi connectivity index (χ2v) is 12.6. The molecular weight excluding hydrogens is 552 g/mol. The van der Waals surface area contributed by atoms with Crippen molar-refractivity contribution in [3.63, 3.8) is 0 Å². The smallest absolute Gasteiger partial charge is 0.246 e. The van der Waals surface area contributed by atoms with E-state index in [1.807, 2.05) is 30.4 Å². The summed E-state index contributed by atoms with van der Waals surface area (Å²) in [7, 11) is 2.06. The number of likely N-dealkylation sites (tertiary alicyclic amines) is 1. The molecule has 9 heteroatoms. The lowest BCUT2D eigenvalue weighted by Gasteiger charge is -2.34. The maximum atomic E-state index is 14.2. The molecular formula is C33H39ClN4O4. The van der Waals surface area contributed by atoms with Gasteiger partial charge in [0.25, 0.3) is 0 Å². The molecule has 2 aromatic carbocycles. The van der Waals surface area contributed by atoms with Gasteiger partial charge in [0.2, 0.25) is 17.7 Å². The number of ether oxygens (including phenoxy) is 1. The Morgan fingerprint density at radius 3 is 2.52 bits per heavy atom. The summed E-state index contributed by atoms with van der Waals surface area (Å²) in [5.74, 6) is -2.15. The molecule has 222 valence electrons. The van der Waals surface area contributed by atoms with Crippen LogP contribution in [0.4, 0.5) is 5.69 Å². The Morgan fingerprint density at radius 1 is 1.05 bits per heavy atom. The highest BCUT2D eigenvalue weighted by Gasteiger charge is 2.72. The van der Waals surface area contributed by atoms with E-state index >= 15 is 0 Å². The third-order valence-electron chi connectivity index (χ3n) is 9.22. The average Bonchev–Trinajstić information content (AvgIpc) is 3.63. The zero-order chi connectivity index (χ0) is 29.3. The molecule has 2 N–H and O–H groups in total. The second-order valence-electron chi connectivity index (χ2n) is 12.1. The van der Waals surface area contributed by atoms with Crippen LogP contribution in [0.5, 0.6) is 0 Å². The minimum atomic E-state index is -1.15. The SMILES string of the molecule is CN(CCCN1C(=O)[C@H]2[C@@H](C(=O)Nc3ccc(Cl)cc3)[C@H]3C=C[C@@]2(O3)[C@@H]1C(=O)NC1CCCCC1)Cc1ccccc1. The molecule has 42 heavy (non-hydrogen) atoms. The van der Waals surface area contributed by atoms with Crippen LogP contribution in [0.2, 0.25) is 5.02 Å². The lowest BCUT2D eigenvalue weighted by Crippen LogP contribution is -2.56. The van der Waals surface area contributed by atoms with E-state index < -0.39 is 29.6 Å². The highest BCUT2D eigenvalue weighted by molar-refractivity contribution is 6.30. The van der Waals surface area contributed by atoms with E-state index in [4.69, 9.17) is 16.3 Å². The van der Waals surface area contributed by atoms with Crippen LogP contribution >= 0.6 is 11.6 Å². The van der Waals surface area contributed by atoms with Crippen molar-refractivity contribution < 1.29 is 19.1 Å². The monoisotopic (exact) mass is 590 g/mol. The zero-order valence-corrected chi connectivity index (χ0v) is 24.8. The molecule has 1 spiro atoms. The van der Waals surface area contributed by atoms with Crippen molar-refractivity contribution in [2.45, 2.75) is 68.9 Å². The van der Waals surface area contributed by atoms with Crippen molar-refractivity contribution in [1.29, 1.82) is 0 Å². The van der Waals surface area contributed by atoms with Crippen LogP contribution in [0, 0.1) is 11.8 Å². The van der Waals surface area contributed by atoms with Crippen molar-refractivity contribution in [3.05, 3.63) is 77.3 Å². The molecule has 2 bridgehead atoms. The third-order valence-corrected chi connectivity index (χ3v) is 9.47. The van der Waals surface area contributed by atoms with Crippen LogP contribution in [0.25, 0.3) is 0 Å². The van der Waals surface area contributed by atoms with Gasteiger partial charge in [-0.15, -0.1) is 0 Å². The summed E-state index contributed by atoms with van der Waals surface area (Å²) in [6, 6.07) is 16.4. The predicted octanol–water partition coefficient (Wildman–Crippen LogP) is 4.40. The Kier molecular flexibility index (Phi) is 8.39. The first kappa shape index (κ1) is 28.9. The van der Waals surface area contributed by atoms with Crippen LogP contribution in [0.1, 0.15) is 44.1 Å². The molecule has 1 aliphatic carbocycles. The number of nitrogens with zero attached hydrogens (tertiary/aromatic N) is 2. The van der Waals surface area contributed by atoms with Gasteiger partial charge in [0.15, 0.2) is 0 Å². The van der Waals surface area contributed by atoms with Crippen LogP contribution in [0.3, 0.4) is 0 Å². The number of hydrogen-bond acceptors (Lipinski definition) is 5. The highest BCUT2D eigenvalue weighted by atomic mass is 35.5. The van der Waals surface area contributed by atoms with Gasteiger partial charge in [-0.25, -0.2) is 0 Å². The van der Waals surface area contributed by atoms with E-state index in [0.29, 0.717) is 23.7 Å². The number of carbonyl (C=O) groups excluding carboxylic acids is 3. The average molecular weight is 591 g/mol. The molecule has 0 unspecified atom stereocenters. The molecule has 2 aromatic rings. The Hall–Kier alpha value is -3.20. The number of benzene rings is 2. The number of hydrogen-bond donors (Lipinski definition) is 2. The number of halogens is 1. The maximum Gasteiger partial charge on any atom is 0.246 e. The standard InChI is InChI=1S/C33H39ClN4O4/c1-37(21-22-9-4-2-5-10-22)19-8-20-38-29(31(40)36-24-11-6-3-7-12-24)33-18-17-26(42-33)27(28(33)32(38)41)30(39)35-25-15-13-23(34)14-16-25/h2,4-5,9-10,13-18,24,26-29H,3,6-8,11-12,19-21H2,1H3,(H,35,39)(H,36,40)/t26-,27+,28-,29+,33+/m1/s1. The van der Waals surface area contributed by atoms with Gasteiger partial charge in [-0.05, 0) is 62.7 Å². The van der Waals surface area contributed by atoms with Gasteiger partial charge in [-0.2, -0.15) is 0 Å². The molecule has 3 amide bonds. The highest BCUT2D eigenvalue weighted by Crippen LogP contribution is 2.55. The molecule has 0 radical (unpaired) electrons. The van der Waals surface area contributed by atoms with Gasteiger partial charge < -0.3 is 25.2 Å². The number of fused-ring (bicyclic) bond motifs is 1. The number of amides is 3. The van der Waals surface area contributed by atoms with Gasteiger partial charge in [0.1, 0.15) is 11.6 Å². The quantitative estimate of drug-likeness (QED) is 0.400. The lowest BCUT2D eigenvalue weighted by atomic mass is 9.74. The van der Waals surface area contributed by atoms with Gasteiger partial charge in [-0.3, -0.25) is 14.4 Å². The number of nitrogens with one attached hydrogen (secondary N) is 2. The van der Waals surface area contributed by atoms with Crippen LogP contribution in [-0.4, -0.2) is 71.4 Å². The van der Waals surface area contributed by atoms with Crippen molar-refractivity contribution >= 4 is 35.0 Å². The minimum absolute atomic E-state index is 0.0993. The minimum Gasteiger partial charge on any atom is -0.359 e. The Balaban J connectivity index is 1.21. The summed E-state index contributed by atoms with van der Waals surface area (Å²) in [5.41, 5.74) is 0.666. The van der Waals surface area contributed by atoms with Crippen LogP contribution < -0.4 is 10.6 Å². The van der Waals surface area contributed by atoms with Crippen LogP contribution in [-0.2, 0) is 25.7 Å². The van der Waals surface area contributed by atoms with Gasteiger partial charge >= 0.3 is 0 Å². The lowest BCUT2D eigenvalue weighted by molar-refractivity contribution is -0.141. The third kappa shape index (κ3) is 5.60. The molecule has 6 rings (SSSR count). The Morgan fingerprint density at radius 2 is 1.79 bits per heavy atom. The topological polar surface area (TPSA) is 91.0 Å². The summed E-state index contributed by atoms with van der Waals surface area (Å²) in [4.78, 5) is 45.7. The van der Waals surface area contributed by atoms with E-state index in [0.717, 1.165) is 38.8 Å². The zero-order valence-electron chi connectivity index (χ0n) is 24.0. The first-order chi connectivity index (χ1) is 20.4. The fraction of sp³-hybridized carbons (Fsp3) is 0.485. The molecule has 3 aliphatic heterocycles. The van der Waals surface area contributed by atoms with Crippen molar-refractivity contribution in [1.82, 2.24) is 15.1 Å². The van der Waals surface area contributed by atoms with E-state index in [2.05, 4.69) is 34.7 Å². The number of rotatable bonds is 10. The summed E-state index contributed by atoms with van der Waals surface area (Å²) in [6.07, 6.45) is 9.11. The normalized spacial score (nSPS) is 28.4. The number of anilines is 1. The summed E-state index contributed by atoms with van der Waals surface area (Å²) >= 11 is 6.02. The first-order valence-corrected chi connectivity index (χ1v) is 15.5. The molecule has 0 aromatic heterocycles. The molecule has 3 heterocycles. The fourth-order valence-corrected chi connectivity index (χ4v) is 7.40. The van der Waals surface area contributed by atoms with Crippen molar-refractivity contribution in [3.8, 4) is 0 Å². The Bertz CT molecular complexity index is 1330. The molecule has 5 atom stereocenters. The molecule has 4 aliphatic rings. The predicted molar refractivity (Wildman–Crippen MR) is 162 cm³/mol. The van der Waals surface area contributed by atoms with Gasteiger partial charge in [-0.1, -0.05) is 73.3 Å². The van der Waals surface area contributed by atoms with Crippen molar-refractivity contribution in [2.24, 2.45) is 11.8 Å². The summed E-state index contributed by atoms with van der Waals surface area (Å²) in [5, 5.41) is 6.77. The van der Waals surface area contributed by atoms with E-state index in [-0.39, 0.29) is 23.8 Å². The van der Waals surface area contributed by atoms with Crippen molar-refractivity contribution in [2.75, 3.05) is 25.5 Å². The first-order valence-electron chi connectivity index (χ1n) is 15.1. The van der Waals surface area contributed by atoms with E-state index in [9.17, 15) is 14.4 Å². The molecule has 2 saturated heterocycles. The van der Waals surface area contributed by atoms with Gasteiger partial charge in [0.05, 0.1) is 17.9 Å². The van der Waals surface area contributed by atoms with Crippen LogP contribution in [0.15, 0.2) is 66.7 Å². The maximum absolute atomic E-state index is 14.2. The largest absolute Gasteiger partial charge is 0.359 e. The fourth-order valence-electron chi connectivity index (χ4n) is 7.28. The molecule has 3 fully saturated rings. The summed E-state index contributed by atoms with van der Waals surface area (Å²) in [6.45, 7) is 1.97. The molecule has 8 nitrogen and oxygen atoms in total. The summed E-state index contributed by atoms with van der Waals surface area (Å²) < 4.78 is 6.48. The van der Waals surface area contributed by atoms with E-state index in [1.54, 1.807) is 29.2 Å². The Labute approximate surface area is 252 Å². The van der Waals surface area contributed by atoms with Gasteiger partial charge in [0, 0.05) is 29.8 Å². The van der Waals surface area contributed by atoms with E-state index in [1.165, 1.54) is 12.0 Å². The molecule has 1 saturated carbocycles. The number of carbonyl (C=O) groups is 3.